The van der Waals surface area contributed by atoms with Gasteiger partial charge in [-0.25, -0.2) is 0 Å². The van der Waals surface area contributed by atoms with Crippen LogP contribution >= 0.6 is 39.1 Å². The van der Waals surface area contributed by atoms with Gasteiger partial charge >= 0.3 is 0 Å². The van der Waals surface area contributed by atoms with E-state index in [1.165, 1.54) is 0 Å². The van der Waals surface area contributed by atoms with E-state index in [0.717, 1.165) is 15.7 Å². The molecule has 192 valence electrons. The number of fused-ring (bicyclic) bond motifs is 5. The molecule has 0 bridgehead atoms. The van der Waals surface area contributed by atoms with Crippen molar-refractivity contribution in [2.24, 2.45) is 10.8 Å². The van der Waals surface area contributed by atoms with Gasteiger partial charge in [0.25, 0.3) is 0 Å². The third-order valence-corrected chi connectivity index (χ3v) is 9.13. The lowest BCUT2D eigenvalue weighted by Gasteiger charge is -2.38. The van der Waals surface area contributed by atoms with Crippen LogP contribution in [0.4, 0.5) is 5.69 Å². The number of rotatable bonds is 2. The molecule has 38 heavy (non-hydrogen) atoms. The molecule has 3 aromatic rings. The Balaban J connectivity index is 1.72. The smallest absolute Gasteiger partial charge is 0.180 e. The van der Waals surface area contributed by atoms with Gasteiger partial charge in [0.15, 0.2) is 17.3 Å². The van der Waals surface area contributed by atoms with E-state index in [0.29, 0.717) is 26.7 Å². The van der Waals surface area contributed by atoms with Crippen LogP contribution in [-0.4, -0.2) is 29.4 Å². The van der Waals surface area contributed by atoms with E-state index < -0.39 is 28.8 Å². The second-order valence-electron chi connectivity index (χ2n) is 11.2. The number of ketones is 3. The number of Topliss-reactive ketones (excluding diaryl/α,β-unsaturated/α-hetero) is 3. The molecule has 3 aromatic carbocycles. The van der Waals surface area contributed by atoms with Crippen LogP contribution in [0.5, 0.6) is 0 Å². The van der Waals surface area contributed by atoms with Crippen molar-refractivity contribution >= 4 is 68.2 Å². The van der Waals surface area contributed by atoms with E-state index in [2.05, 4.69) is 15.9 Å². The Morgan fingerprint density at radius 3 is 2.21 bits per heavy atom. The average Bonchev–Trinajstić information content (AvgIpc) is 3.29. The molecule has 0 saturated carbocycles. The largest absolute Gasteiger partial charge is 0.352 e. The van der Waals surface area contributed by atoms with Gasteiger partial charge in [0.05, 0.1) is 12.1 Å². The monoisotopic (exact) mass is 607 g/mol. The normalized spacial score (nSPS) is 23.0. The Kier molecular flexibility index (Phi) is 5.81. The highest BCUT2D eigenvalue weighted by Gasteiger charge is 2.72. The lowest BCUT2D eigenvalue weighted by atomic mass is 9.63. The highest BCUT2D eigenvalue weighted by atomic mass is 79.9. The minimum Gasteiger partial charge on any atom is -0.352 e. The number of hydrogen-bond acceptors (Lipinski definition) is 4. The fourth-order valence-corrected chi connectivity index (χ4v) is 7.39. The molecule has 0 amide bonds. The molecule has 1 aliphatic carbocycles. The average molecular weight is 609 g/mol. The number of anilines is 1. The van der Waals surface area contributed by atoms with Gasteiger partial charge in [0.2, 0.25) is 0 Å². The van der Waals surface area contributed by atoms with Gasteiger partial charge in [0.1, 0.15) is 5.41 Å². The topological polar surface area (TPSA) is 54.5 Å². The van der Waals surface area contributed by atoms with E-state index in [-0.39, 0.29) is 17.3 Å². The van der Waals surface area contributed by atoms with E-state index >= 15 is 0 Å². The molecule has 7 heteroatoms. The molecular formula is C31H24BrCl2NO3. The fraction of sp³-hybridized carbons (Fsp3) is 0.258. The summed E-state index contributed by atoms with van der Waals surface area (Å²) < 4.78 is 0.893. The Morgan fingerprint density at radius 1 is 0.947 bits per heavy atom. The van der Waals surface area contributed by atoms with Crippen LogP contribution in [0, 0.1) is 10.8 Å². The summed E-state index contributed by atoms with van der Waals surface area (Å²) in [6.07, 6.45) is 3.85. The first kappa shape index (κ1) is 25.5. The Labute approximate surface area is 239 Å². The Bertz CT molecular complexity index is 1550. The minimum absolute atomic E-state index is 0.0730. The molecule has 6 rings (SSSR count). The first-order valence-corrected chi connectivity index (χ1v) is 14.0. The zero-order chi connectivity index (χ0) is 27.1. The highest BCUT2D eigenvalue weighted by Crippen LogP contribution is 2.62. The van der Waals surface area contributed by atoms with Gasteiger partial charge < -0.3 is 4.90 Å². The molecule has 0 aromatic heterocycles. The predicted octanol–water partition coefficient (Wildman–Crippen LogP) is 7.80. The van der Waals surface area contributed by atoms with Crippen LogP contribution in [0.2, 0.25) is 10.0 Å². The van der Waals surface area contributed by atoms with Crippen LogP contribution in [0.15, 0.2) is 71.2 Å². The van der Waals surface area contributed by atoms with Gasteiger partial charge in [-0.3, -0.25) is 14.4 Å². The molecule has 3 atom stereocenters. The molecule has 0 unspecified atom stereocenters. The molecule has 3 aliphatic rings. The molecule has 2 aliphatic heterocycles. The SMILES string of the molecule is CC(C)(C)C(=O)[C@H]1[C@@H](c2ccc(Cl)cc2Cl)C2(C(=O)c3ccccc3C2=O)[C@H]2C=Cc3cc(Br)ccc3N12. The zero-order valence-corrected chi connectivity index (χ0v) is 24.1. The van der Waals surface area contributed by atoms with Crippen molar-refractivity contribution in [1.82, 2.24) is 0 Å². The Hall–Kier alpha value is -2.73. The van der Waals surface area contributed by atoms with Gasteiger partial charge in [-0.15, -0.1) is 0 Å². The maximum absolute atomic E-state index is 14.6. The van der Waals surface area contributed by atoms with E-state index in [1.54, 1.807) is 42.5 Å². The van der Waals surface area contributed by atoms with E-state index in [1.807, 2.05) is 56.0 Å². The summed E-state index contributed by atoms with van der Waals surface area (Å²) in [5, 5.41) is 0.759. The Morgan fingerprint density at radius 2 is 1.61 bits per heavy atom. The quantitative estimate of drug-likeness (QED) is 0.279. The molecule has 1 saturated heterocycles. The van der Waals surface area contributed by atoms with Gasteiger partial charge in [-0.05, 0) is 41.5 Å². The van der Waals surface area contributed by atoms with Crippen molar-refractivity contribution in [2.45, 2.75) is 38.8 Å². The maximum Gasteiger partial charge on any atom is 0.180 e. The van der Waals surface area contributed by atoms with Crippen molar-refractivity contribution in [3.05, 3.63) is 104 Å². The van der Waals surface area contributed by atoms with E-state index in [9.17, 15) is 14.4 Å². The molecule has 0 N–H and O–H groups in total. The van der Waals surface area contributed by atoms with Gasteiger partial charge in [-0.2, -0.15) is 0 Å². The maximum atomic E-state index is 14.6. The minimum atomic E-state index is -1.58. The lowest BCUT2D eigenvalue weighted by Crippen LogP contribution is -2.49. The predicted molar refractivity (Wildman–Crippen MR) is 154 cm³/mol. The highest BCUT2D eigenvalue weighted by molar-refractivity contribution is 9.10. The van der Waals surface area contributed by atoms with Crippen LogP contribution < -0.4 is 4.90 Å². The number of carbonyl (C=O) groups is 3. The first-order valence-electron chi connectivity index (χ1n) is 12.4. The summed E-state index contributed by atoms with van der Waals surface area (Å²) in [6.45, 7) is 5.60. The molecule has 2 heterocycles. The molecule has 1 fully saturated rings. The first-order chi connectivity index (χ1) is 18.0. The van der Waals surface area contributed by atoms with Crippen molar-refractivity contribution in [3.63, 3.8) is 0 Å². The second-order valence-corrected chi connectivity index (χ2v) is 12.9. The van der Waals surface area contributed by atoms with Crippen molar-refractivity contribution in [3.8, 4) is 0 Å². The third kappa shape index (κ3) is 3.38. The fourth-order valence-electron chi connectivity index (χ4n) is 6.49. The van der Waals surface area contributed by atoms with Crippen LogP contribution in [0.3, 0.4) is 0 Å². The van der Waals surface area contributed by atoms with Gasteiger partial charge in [0, 0.05) is 42.7 Å². The van der Waals surface area contributed by atoms with Crippen LogP contribution in [0.25, 0.3) is 6.08 Å². The van der Waals surface area contributed by atoms with Crippen LogP contribution in [-0.2, 0) is 4.79 Å². The second kappa shape index (κ2) is 8.64. The van der Waals surface area contributed by atoms with E-state index in [4.69, 9.17) is 23.2 Å². The summed E-state index contributed by atoms with van der Waals surface area (Å²) in [4.78, 5) is 45.5. The van der Waals surface area contributed by atoms with Crippen molar-refractivity contribution in [2.75, 3.05) is 4.90 Å². The number of nitrogens with zero attached hydrogens (tertiary/aromatic N) is 1. The molecule has 4 nitrogen and oxygen atoms in total. The summed E-state index contributed by atoms with van der Waals surface area (Å²) in [7, 11) is 0. The summed E-state index contributed by atoms with van der Waals surface area (Å²) in [6, 6.07) is 16.3. The summed E-state index contributed by atoms with van der Waals surface area (Å²) >= 11 is 16.6. The number of carbonyl (C=O) groups excluding carboxylic acids is 3. The number of benzene rings is 3. The third-order valence-electron chi connectivity index (χ3n) is 8.07. The summed E-state index contributed by atoms with van der Waals surface area (Å²) in [5.74, 6) is -1.47. The lowest BCUT2D eigenvalue weighted by molar-refractivity contribution is -0.127. The van der Waals surface area contributed by atoms with Gasteiger partial charge in [-0.1, -0.05) is 102 Å². The molecule has 0 radical (unpaired) electrons. The van der Waals surface area contributed by atoms with Crippen molar-refractivity contribution in [1.29, 1.82) is 0 Å². The molecule has 1 spiro atoms. The standard InChI is InChI=1S/C31H24BrCl2NO3/c1-30(2,3)29(38)26-25(21-11-10-18(33)15-22(21)34)31(27(36)19-6-4-5-7-20(19)28(31)37)24-13-8-16-14-17(32)9-12-23(16)35(24)26/h4-15,24-26H,1-3H3/t24-,25-,26-/m1/s1. The summed E-state index contributed by atoms with van der Waals surface area (Å²) in [5.41, 5.74) is 0.690. The van der Waals surface area contributed by atoms with Crippen molar-refractivity contribution < 1.29 is 14.4 Å². The number of halogens is 3. The zero-order valence-electron chi connectivity index (χ0n) is 21.0. The molecular weight excluding hydrogens is 585 g/mol. The van der Waals surface area contributed by atoms with Crippen LogP contribution in [0.1, 0.15) is 58.5 Å². The number of hydrogen-bond donors (Lipinski definition) is 0.